The Morgan fingerprint density at radius 3 is 1.68 bits per heavy atom. The molecule has 0 radical (unpaired) electrons. The van der Waals surface area contributed by atoms with Gasteiger partial charge in [0.05, 0.1) is 22.7 Å². The third kappa shape index (κ3) is 3.88. The van der Waals surface area contributed by atoms with Gasteiger partial charge in [0.1, 0.15) is 0 Å². The van der Waals surface area contributed by atoms with Gasteiger partial charge in [-0.3, -0.25) is 4.98 Å². The number of fused-ring (bicyclic) bond motifs is 15. The highest BCUT2D eigenvalue weighted by molar-refractivity contribution is 7.26. The number of aromatic nitrogens is 1. The van der Waals surface area contributed by atoms with Crippen molar-refractivity contribution in [2.45, 2.75) is 11.3 Å². The summed E-state index contributed by atoms with van der Waals surface area (Å²) in [5.41, 5.74) is 13.5. The fourth-order valence-corrected chi connectivity index (χ4v) is 11.0. The van der Waals surface area contributed by atoms with E-state index in [1.54, 1.807) is 0 Å². The van der Waals surface area contributed by atoms with Crippen LogP contribution < -0.4 is 0 Å². The molecule has 8 aromatic carbocycles. The molecule has 0 aliphatic heterocycles. The van der Waals surface area contributed by atoms with E-state index in [4.69, 9.17) is 4.98 Å². The first-order chi connectivity index (χ1) is 26.3. The van der Waals surface area contributed by atoms with Crippen LogP contribution in [0.5, 0.6) is 0 Å². The van der Waals surface area contributed by atoms with Crippen LogP contribution in [-0.2, 0) is 5.41 Å². The summed E-state index contributed by atoms with van der Waals surface area (Å²) in [6.45, 7) is 0. The monoisotopic (exact) mass is 689 g/mol. The van der Waals surface area contributed by atoms with E-state index < -0.39 is 5.41 Å². The second-order valence-corrected chi connectivity index (χ2v) is 15.6. The zero-order chi connectivity index (χ0) is 34.7. The normalized spacial score (nSPS) is 14.1. The van der Waals surface area contributed by atoms with Crippen LogP contribution in [0.1, 0.15) is 45.0 Å². The molecule has 1 spiro atoms. The van der Waals surface area contributed by atoms with Gasteiger partial charge in [-0.25, -0.2) is 0 Å². The van der Waals surface area contributed by atoms with Gasteiger partial charge >= 0.3 is 0 Å². The van der Waals surface area contributed by atoms with E-state index in [1.807, 2.05) is 11.3 Å². The number of hydrogen-bond donors (Lipinski definition) is 0. The van der Waals surface area contributed by atoms with Crippen molar-refractivity contribution >= 4 is 53.1 Å². The van der Waals surface area contributed by atoms with Gasteiger partial charge in [-0.15, -0.1) is 11.3 Å². The molecule has 0 saturated heterocycles. The lowest BCUT2D eigenvalue weighted by Crippen LogP contribution is -2.36. The maximum Gasteiger partial charge on any atom is 0.0784 e. The maximum absolute atomic E-state index is 5.72. The molecule has 0 N–H and O–H groups in total. The van der Waals surface area contributed by atoms with Crippen LogP contribution in [0.25, 0.3) is 64.1 Å². The minimum Gasteiger partial charge on any atom is -0.251 e. The summed E-state index contributed by atoms with van der Waals surface area (Å²) in [6, 6.07) is 67.8. The fraction of sp³-hybridized carbons (Fsp3) is 0.0392. The van der Waals surface area contributed by atoms with Crippen molar-refractivity contribution in [3.63, 3.8) is 0 Å². The molecular formula is C51H31NS. The van der Waals surface area contributed by atoms with E-state index in [9.17, 15) is 0 Å². The molecule has 0 unspecified atom stereocenters. The number of pyridine rings is 1. The second-order valence-electron chi connectivity index (χ2n) is 14.5. The first kappa shape index (κ1) is 29.3. The average Bonchev–Trinajstić information content (AvgIpc) is 3.74. The summed E-state index contributed by atoms with van der Waals surface area (Å²) in [5, 5.41) is 7.64. The van der Waals surface area contributed by atoms with Crippen molar-refractivity contribution in [3.05, 3.63) is 221 Å². The van der Waals surface area contributed by atoms with Crippen LogP contribution in [0.15, 0.2) is 182 Å². The van der Waals surface area contributed by atoms with Gasteiger partial charge in [0.15, 0.2) is 0 Å². The quantitative estimate of drug-likeness (QED) is 0.176. The fourth-order valence-electron chi connectivity index (χ4n) is 9.90. The lowest BCUT2D eigenvalue weighted by Gasteiger charge is -2.43. The third-order valence-corrected chi connectivity index (χ3v) is 13.1. The van der Waals surface area contributed by atoms with Crippen molar-refractivity contribution in [3.8, 4) is 22.4 Å². The van der Waals surface area contributed by atoms with Crippen LogP contribution in [0.4, 0.5) is 0 Å². The number of hydrogen-bond acceptors (Lipinski definition) is 2. The Morgan fingerprint density at radius 1 is 0.434 bits per heavy atom. The molecule has 2 aliphatic carbocycles. The molecule has 10 aromatic rings. The second kappa shape index (κ2) is 10.8. The molecule has 0 bridgehead atoms. The molecule has 2 heteroatoms. The Hall–Kier alpha value is -6.35. The Morgan fingerprint density at radius 2 is 1.00 bits per heavy atom. The number of benzene rings is 8. The van der Waals surface area contributed by atoms with E-state index in [2.05, 4.69) is 182 Å². The van der Waals surface area contributed by atoms with E-state index in [-0.39, 0.29) is 5.92 Å². The molecule has 0 atom stereocenters. The standard InChI is InChI=1S/C51H31NS/c1-2-14-31(15-3-1)50-36-26-27-46-49(40-28-32-16-4-5-17-33(32)29-47(40)53-46)39(36)30-45(52-50)48-37-20-8-12-24-43(37)51(44-25-13-9-21-38(44)48)41-22-10-6-18-34(41)35-19-7-11-23-42(35)51/h1-30,48H. The molecule has 2 aliphatic rings. The predicted molar refractivity (Wildman–Crippen MR) is 222 cm³/mol. The van der Waals surface area contributed by atoms with Crippen molar-refractivity contribution in [2.24, 2.45) is 0 Å². The van der Waals surface area contributed by atoms with E-state index in [0.717, 1.165) is 17.0 Å². The Kier molecular flexibility index (Phi) is 5.98. The Bertz CT molecular complexity index is 3040. The minimum absolute atomic E-state index is 0.0548. The molecule has 0 saturated carbocycles. The zero-order valence-electron chi connectivity index (χ0n) is 28.8. The van der Waals surface area contributed by atoms with Crippen LogP contribution in [0, 0.1) is 0 Å². The zero-order valence-corrected chi connectivity index (χ0v) is 29.6. The third-order valence-electron chi connectivity index (χ3n) is 12.0. The highest BCUT2D eigenvalue weighted by atomic mass is 32.1. The lowest BCUT2D eigenvalue weighted by molar-refractivity contribution is 0.691. The summed E-state index contributed by atoms with van der Waals surface area (Å²) < 4.78 is 2.63. The average molecular weight is 690 g/mol. The van der Waals surface area contributed by atoms with Crippen LogP contribution in [-0.4, -0.2) is 4.98 Å². The smallest absolute Gasteiger partial charge is 0.0784 e. The van der Waals surface area contributed by atoms with Gasteiger partial charge in [-0.05, 0) is 84.9 Å². The largest absolute Gasteiger partial charge is 0.251 e. The van der Waals surface area contributed by atoms with Gasteiger partial charge < -0.3 is 0 Å². The Labute approximate surface area is 311 Å². The number of thiophene rings is 1. The molecule has 12 rings (SSSR count). The Balaban J connectivity index is 1.20. The summed E-state index contributed by atoms with van der Waals surface area (Å²) in [4.78, 5) is 5.72. The molecule has 246 valence electrons. The van der Waals surface area contributed by atoms with Crippen molar-refractivity contribution < 1.29 is 0 Å². The predicted octanol–water partition coefficient (Wildman–Crippen LogP) is 13.3. The van der Waals surface area contributed by atoms with Gasteiger partial charge in [0, 0.05) is 31.1 Å². The van der Waals surface area contributed by atoms with Gasteiger partial charge in [0.25, 0.3) is 0 Å². The molecular weight excluding hydrogens is 659 g/mol. The lowest BCUT2D eigenvalue weighted by atomic mass is 9.58. The van der Waals surface area contributed by atoms with Gasteiger partial charge in [0.2, 0.25) is 0 Å². The topological polar surface area (TPSA) is 12.9 Å². The number of nitrogens with zero attached hydrogens (tertiary/aromatic N) is 1. The first-order valence-electron chi connectivity index (χ1n) is 18.4. The van der Waals surface area contributed by atoms with Crippen molar-refractivity contribution in [2.75, 3.05) is 0 Å². The first-order valence-corrected chi connectivity index (χ1v) is 19.2. The molecule has 0 fully saturated rings. The SMILES string of the molecule is c1ccc(-c2nc(C3c4ccccc4C4(c5ccccc5-c5ccccc54)c4ccccc43)cc3c2ccc2sc4cc5ccccc5cc4c23)cc1. The van der Waals surface area contributed by atoms with Crippen LogP contribution in [0.2, 0.25) is 0 Å². The highest BCUT2D eigenvalue weighted by Crippen LogP contribution is 2.61. The van der Waals surface area contributed by atoms with Gasteiger partial charge in [-0.1, -0.05) is 158 Å². The van der Waals surface area contributed by atoms with Crippen molar-refractivity contribution in [1.82, 2.24) is 4.98 Å². The molecule has 0 amide bonds. The minimum atomic E-state index is -0.423. The highest BCUT2D eigenvalue weighted by Gasteiger charge is 2.51. The summed E-state index contributed by atoms with van der Waals surface area (Å²) in [5.74, 6) is -0.0548. The summed E-state index contributed by atoms with van der Waals surface area (Å²) >= 11 is 1.89. The van der Waals surface area contributed by atoms with Crippen LogP contribution in [0.3, 0.4) is 0 Å². The molecule has 1 nitrogen and oxygen atoms in total. The van der Waals surface area contributed by atoms with Crippen molar-refractivity contribution in [1.29, 1.82) is 0 Å². The van der Waals surface area contributed by atoms with Crippen LogP contribution >= 0.6 is 11.3 Å². The summed E-state index contributed by atoms with van der Waals surface area (Å²) in [6.07, 6.45) is 0. The summed E-state index contributed by atoms with van der Waals surface area (Å²) in [7, 11) is 0. The van der Waals surface area contributed by atoms with E-state index >= 15 is 0 Å². The molecule has 2 aromatic heterocycles. The maximum atomic E-state index is 5.72. The van der Waals surface area contributed by atoms with E-state index in [1.165, 1.54) is 86.2 Å². The molecule has 2 heterocycles. The van der Waals surface area contributed by atoms with E-state index in [0.29, 0.717) is 0 Å². The number of rotatable bonds is 2. The molecule has 53 heavy (non-hydrogen) atoms. The van der Waals surface area contributed by atoms with Gasteiger partial charge in [-0.2, -0.15) is 0 Å².